The first-order valence-corrected chi connectivity index (χ1v) is 9.93. The Morgan fingerprint density at radius 3 is 2.68 bits per heavy atom. The van der Waals surface area contributed by atoms with Gasteiger partial charge in [-0.1, -0.05) is 6.42 Å². The Morgan fingerprint density at radius 1 is 1.19 bits per heavy atom. The first-order valence-electron chi connectivity index (χ1n) is 9.93. The van der Waals surface area contributed by atoms with E-state index in [9.17, 15) is 27.2 Å². The molecule has 1 aliphatic carbocycles. The first-order chi connectivity index (χ1) is 14.7. The van der Waals surface area contributed by atoms with Crippen molar-refractivity contribution in [2.24, 2.45) is 11.8 Å². The number of hydrogen-bond donors (Lipinski definition) is 1. The molecule has 1 heterocycles. The third-order valence-corrected chi connectivity index (χ3v) is 5.29. The molecule has 0 saturated heterocycles. The largest absolute Gasteiger partial charge is 0.434 e. The second-order valence-corrected chi connectivity index (χ2v) is 7.69. The summed E-state index contributed by atoms with van der Waals surface area (Å²) in [4.78, 5) is 27.9. The number of pyridine rings is 1. The van der Waals surface area contributed by atoms with Gasteiger partial charge >= 0.3 is 6.61 Å². The van der Waals surface area contributed by atoms with Crippen molar-refractivity contribution in [1.82, 2.24) is 4.98 Å². The summed E-state index contributed by atoms with van der Waals surface area (Å²) in [7, 11) is 0. The van der Waals surface area contributed by atoms with Crippen LogP contribution in [0.25, 0.3) is 11.1 Å². The van der Waals surface area contributed by atoms with E-state index in [1.165, 1.54) is 13.0 Å². The third-order valence-electron chi connectivity index (χ3n) is 5.29. The van der Waals surface area contributed by atoms with Gasteiger partial charge in [0.25, 0.3) is 0 Å². The monoisotopic (exact) mass is 438 g/mol. The number of Topliss-reactive ketones (excluding diaryl/α,β-unsaturated/α-hetero) is 1. The summed E-state index contributed by atoms with van der Waals surface area (Å²) < 4.78 is 57.6. The number of ketones is 1. The highest BCUT2D eigenvalue weighted by atomic mass is 19.3. The van der Waals surface area contributed by atoms with Crippen LogP contribution in [0.1, 0.15) is 39.0 Å². The number of carbonyl (C=O) groups excluding carboxylic acids is 2. The van der Waals surface area contributed by atoms with E-state index in [0.29, 0.717) is 19.3 Å². The lowest BCUT2D eigenvalue weighted by molar-refractivity contribution is -0.123. The second kappa shape index (κ2) is 9.89. The molecule has 1 fully saturated rings. The molecule has 166 valence electrons. The minimum absolute atomic E-state index is 0.0300. The van der Waals surface area contributed by atoms with Crippen LogP contribution in [0.5, 0.6) is 5.75 Å². The van der Waals surface area contributed by atoms with Gasteiger partial charge in [-0.05, 0) is 50.3 Å². The maximum atomic E-state index is 14.4. The number of halogens is 4. The summed E-state index contributed by atoms with van der Waals surface area (Å²) in [6.07, 6.45) is 4.23. The van der Waals surface area contributed by atoms with Gasteiger partial charge in [0.05, 0.1) is 6.20 Å². The van der Waals surface area contributed by atoms with Crippen LogP contribution < -0.4 is 10.1 Å². The molecule has 2 aromatic rings. The zero-order valence-electron chi connectivity index (χ0n) is 16.8. The standard InChI is InChI=1S/C22H22F4N2O3/c1-12(29)7-13-3-2-4-14(8-13)21(30)28-20-10-17(18(24)11-27-20)16-6-5-15(23)9-19(16)31-22(25)26/h5-6,9-11,13-14,22H,2-4,7-8H2,1H3,(H,27,28,30). The number of ether oxygens (including phenoxy) is 1. The summed E-state index contributed by atoms with van der Waals surface area (Å²) in [6.45, 7) is -1.70. The van der Waals surface area contributed by atoms with Gasteiger partial charge in [0.15, 0.2) is 0 Å². The number of amides is 1. The molecular formula is C22H22F4N2O3. The van der Waals surface area contributed by atoms with Crippen LogP contribution in [-0.4, -0.2) is 23.3 Å². The highest BCUT2D eigenvalue weighted by molar-refractivity contribution is 5.92. The van der Waals surface area contributed by atoms with Crippen molar-refractivity contribution >= 4 is 17.5 Å². The normalized spacial score (nSPS) is 18.6. The number of nitrogens with one attached hydrogen (secondary N) is 1. The van der Waals surface area contributed by atoms with Crippen LogP contribution >= 0.6 is 0 Å². The molecule has 2 unspecified atom stereocenters. The molecule has 3 rings (SSSR count). The topological polar surface area (TPSA) is 68.3 Å². The van der Waals surface area contributed by atoms with Gasteiger partial charge in [0, 0.05) is 29.5 Å². The molecular weight excluding hydrogens is 416 g/mol. The number of rotatable bonds is 7. The fraction of sp³-hybridized carbons (Fsp3) is 0.409. The van der Waals surface area contributed by atoms with Crippen LogP contribution in [0.2, 0.25) is 0 Å². The van der Waals surface area contributed by atoms with Gasteiger partial charge in [-0.3, -0.25) is 4.79 Å². The van der Waals surface area contributed by atoms with Crippen molar-refractivity contribution < 1.29 is 31.9 Å². The summed E-state index contributed by atoms with van der Waals surface area (Å²) >= 11 is 0. The molecule has 1 aliphatic rings. The van der Waals surface area contributed by atoms with Crippen molar-refractivity contribution in [1.29, 1.82) is 0 Å². The van der Waals surface area contributed by atoms with Crippen LogP contribution in [-0.2, 0) is 9.59 Å². The molecule has 0 spiro atoms. The first kappa shape index (κ1) is 22.7. The lowest BCUT2D eigenvalue weighted by Crippen LogP contribution is -2.29. The molecule has 9 heteroatoms. The van der Waals surface area contributed by atoms with Crippen molar-refractivity contribution in [3.05, 3.63) is 42.1 Å². The van der Waals surface area contributed by atoms with E-state index in [4.69, 9.17) is 0 Å². The Balaban J connectivity index is 1.80. The zero-order valence-corrected chi connectivity index (χ0v) is 16.8. The Morgan fingerprint density at radius 2 is 1.97 bits per heavy atom. The fourth-order valence-corrected chi connectivity index (χ4v) is 3.97. The molecule has 1 N–H and O–H groups in total. The molecule has 1 saturated carbocycles. The Hall–Kier alpha value is -2.97. The molecule has 31 heavy (non-hydrogen) atoms. The van der Waals surface area contributed by atoms with E-state index in [1.807, 2.05) is 0 Å². The van der Waals surface area contributed by atoms with Crippen molar-refractivity contribution in [2.45, 2.75) is 45.6 Å². The van der Waals surface area contributed by atoms with Crippen molar-refractivity contribution in [3.8, 4) is 16.9 Å². The quantitative estimate of drug-likeness (QED) is 0.592. The van der Waals surface area contributed by atoms with Crippen LogP contribution in [0.15, 0.2) is 30.5 Å². The molecule has 2 atom stereocenters. The summed E-state index contributed by atoms with van der Waals surface area (Å²) in [5, 5.41) is 2.63. The van der Waals surface area contributed by atoms with Crippen LogP contribution in [0, 0.1) is 23.5 Å². The zero-order chi connectivity index (χ0) is 22.5. The number of nitrogens with zero attached hydrogens (tertiary/aromatic N) is 1. The molecule has 0 radical (unpaired) electrons. The second-order valence-electron chi connectivity index (χ2n) is 7.69. The summed E-state index contributed by atoms with van der Waals surface area (Å²) in [6, 6.07) is 4.03. The number of anilines is 1. The van der Waals surface area contributed by atoms with Gasteiger partial charge in [-0.15, -0.1) is 0 Å². The van der Waals surface area contributed by atoms with Crippen molar-refractivity contribution in [2.75, 3.05) is 5.32 Å². The summed E-state index contributed by atoms with van der Waals surface area (Å²) in [5.41, 5.74) is -0.268. The number of benzene rings is 1. The predicted octanol–water partition coefficient (Wildman–Crippen LogP) is 5.35. The highest BCUT2D eigenvalue weighted by Gasteiger charge is 2.28. The predicted molar refractivity (Wildman–Crippen MR) is 106 cm³/mol. The minimum atomic E-state index is -3.22. The Bertz CT molecular complexity index is 968. The van der Waals surface area contributed by atoms with E-state index in [-0.39, 0.29) is 40.5 Å². The van der Waals surface area contributed by atoms with Gasteiger partial charge in [0.2, 0.25) is 5.91 Å². The maximum absolute atomic E-state index is 14.4. The SMILES string of the molecule is CC(=O)CC1CCCC(C(=O)Nc2cc(-c3ccc(F)cc3OC(F)F)c(F)cn2)C1. The lowest BCUT2D eigenvalue weighted by atomic mass is 9.79. The number of carbonyl (C=O) groups is 2. The fourth-order valence-electron chi connectivity index (χ4n) is 3.97. The number of alkyl halides is 2. The molecule has 1 aromatic carbocycles. The number of hydrogen-bond acceptors (Lipinski definition) is 4. The average molecular weight is 438 g/mol. The van der Waals surface area contributed by atoms with E-state index in [0.717, 1.165) is 37.2 Å². The van der Waals surface area contributed by atoms with E-state index in [2.05, 4.69) is 15.0 Å². The molecule has 5 nitrogen and oxygen atoms in total. The van der Waals surface area contributed by atoms with Gasteiger partial charge < -0.3 is 14.8 Å². The van der Waals surface area contributed by atoms with Crippen molar-refractivity contribution in [3.63, 3.8) is 0 Å². The summed E-state index contributed by atoms with van der Waals surface area (Å²) in [5.74, 6) is -2.55. The minimum Gasteiger partial charge on any atom is -0.434 e. The molecule has 0 aliphatic heterocycles. The van der Waals surface area contributed by atoms with E-state index < -0.39 is 24.0 Å². The molecule has 0 bridgehead atoms. The smallest absolute Gasteiger partial charge is 0.387 e. The van der Waals surface area contributed by atoms with Crippen LogP contribution in [0.4, 0.5) is 23.4 Å². The average Bonchev–Trinajstić information content (AvgIpc) is 2.69. The Labute approximate surface area is 176 Å². The van der Waals surface area contributed by atoms with Gasteiger partial charge in [0.1, 0.15) is 29.0 Å². The van der Waals surface area contributed by atoms with E-state index in [1.54, 1.807) is 0 Å². The highest BCUT2D eigenvalue weighted by Crippen LogP contribution is 2.35. The van der Waals surface area contributed by atoms with Gasteiger partial charge in [-0.2, -0.15) is 8.78 Å². The van der Waals surface area contributed by atoms with E-state index >= 15 is 0 Å². The van der Waals surface area contributed by atoms with Crippen LogP contribution in [0.3, 0.4) is 0 Å². The maximum Gasteiger partial charge on any atom is 0.387 e. The Kier molecular flexibility index (Phi) is 7.25. The van der Waals surface area contributed by atoms with Gasteiger partial charge in [-0.25, -0.2) is 13.8 Å². The number of aromatic nitrogens is 1. The third kappa shape index (κ3) is 6.02. The molecule has 1 aromatic heterocycles. The lowest BCUT2D eigenvalue weighted by Gasteiger charge is -2.27. The molecule has 1 amide bonds.